The van der Waals surface area contributed by atoms with E-state index >= 15 is 0 Å². The van der Waals surface area contributed by atoms with Crippen molar-refractivity contribution in [1.82, 2.24) is 0 Å². The van der Waals surface area contributed by atoms with Gasteiger partial charge in [0.1, 0.15) is 18.8 Å². The van der Waals surface area contributed by atoms with Crippen molar-refractivity contribution in [3.8, 4) is 0 Å². The lowest BCUT2D eigenvalue weighted by molar-refractivity contribution is -0.273. The van der Waals surface area contributed by atoms with E-state index < -0.39 is 48.6 Å². The van der Waals surface area contributed by atoms with E-state index in [9.17, 15) is 19.2 Å². The molecule has 0 aliphatic carbocycles. The third-order valence-electron chi connectivity index (χ3n) is 4.39. The minimum Gasteiger partial charge on any atom is -0.469 e. The van der Waals surface area contributed by atoms with Gasteiger partial charge in [0.25, 0.3) is 0 Å². The summed E-state index contributed by atoms with van der Waals surface area (Å²) in [6, 6.07) is -1.17. The number of esters is 4. The number of nitrogens with zero attached hydrogens (tertiary/aromatic N) is 3. The van der Waals surface area contributed by atoms with Crippen molar-refractivity contribution < 1.29 is 47.6 Å². The Balaban J connectivity index is 2.96. The zero-order chi connectivity index (χ0) is 24.1. The lowest BCUT2D eigenvalue weighted by Gasteiger charge is -2.43. The smallest absolute Gasteiger partial charge is 0.305 e. The molecule has 32 heavy (non-hydrogen) atoms. The van der Waals surface area contributed by atoms with Gasteiger partial charge in [-0.25, -0.2) is 0 Å². The maximum atomic E-state index is 11.7. The fraction of sp³-hybridized carbons (Fsp3) is 0.789. The van der Waals surface area contributed by atoms with Gasteiger partial charge in [-0.2, -0.15) is 0 Å². The van der Waals surface area contributed by atoms with Crippen molar-refractivity contribution in [1.29, 1.82) is 0 Å². The number of azide groups is 1. The maximum absolute atomic E-state index is 11.7. The largest absolute Gasteiger partial charge is 0.469 e. The van der Waals surface area contributed by atoms with Crippen LogP contribution >= 0.6 is 0 Å². The summed E-state index contributed by atoms with van der Waals surface area (Å²) in [4.78, 5) is 48.5. The van der Waals surface area contributed by atoms with Crippen molar-refractivity contribution in [2.75, 3.05) is 20.3 Å². The van der Waals surface area contributed by atoms with E-state index in [1.165, 1.54) is 14.0 Å². The number of methoxy groups -OCH3 is 1. The fourth-order valence-corrected chi connectivity index (χ4v) is 3.05. The van der Waals surface area contributed by atoms with Crippen LogP contribution in [-0.2, 0) is 47.6 Å². The maximum Gasteiger partial charge on any atom is 0.305 e. The first-order valence-corrected chi connectivity index (χ1v) is 10.1. The Labute approximate surface area is 185 Å². The molecule has 0 saturated carbocycles. The molecule has 13 nitrogen and oxygen atoms in total. The highest BCUT2D eigenvalue weighted by molar-refractivity contribution is 5.69. The number of hydrogen-bond acceptors (Lipinski definition) is 11. The predicted molar refractivity (Wildman–Crippen MR) is 106 cm³/mol. The Morgan fingerprint density at radius 1 is 0.969 bits per heavy atom. The number of hydrogen-bond donors (Lipinski definition) is 0. The van der Waals surface area contributed by atoms with E-state index in [1.807, 2.05) is 0 Å². The van der Waals surface area contributed by atoms with Gasteiger partial charge in [0.15, 0.2) is 18.5 Å². The van der Waals surface area contributed by atoms with Gasteiger partial charge in [-0.1, -0.05) is 11.5 Å². The number of carbonyl (C=O) groups excluding carboxylic acids is 4. The van der Waals surface area contributed by atoms with Crippen LogP contribution in [0.5, 0.6) is 0 Å². The summed E-state index contributed by atoms with van der Waals surface area (Å²) in [5, 5.41) is 3.63. The second-order valence-electron chi connectivity index (χ2n) is 6.95. The molecule has 0 aromatic carbocycles. The molecule has 5 atom stereocenters. The molecule has 0 aromatic rings. The van der Waals surface area contributed by atoms with Crippen LogP contribution in [0.1, 0.15) is 46.5 Å². The zero-order valence-electron chi connectivity index (χ0n) is 18.6. The van der Waals surface area contributed by atoms with Crippen LogP contribution in [0.2, 0.25) is 0 Å². The Bertz CT molecular complexity index is 709. The average Bonchev–Trinajstić information content (AvgIpc) is 2.72. The molecule has 0 aromatic heterocycles. The molecule has 1 aliphatic rings. The fourth-order valence-electron chi connectivity index (χ4n) is 3.05. The van der Waals surface area contributed by atoms with Crippen molar-refractivity contribution in [3.05, 3.63) is 10.4 Å². The highest BCUT2D eigenvalue weighted by Crippen LogP contribution is 2.30. The first-order chi connectivity index (χ1) is 15.2. The zero-order valence-corrected chi connectivity index (χ0v) is 18.6. The summed E-state index contributed by atoms with van der Waals surface area (Å²) in [5.74, 6) is -2.31. The Morgan fingerprint density at radius 2 is 1.62 bits per heavy atom. The number of rotatable bonds is 12. The molecule has 1 rings (SSSR count). The van der Waals surface area contributed by atoms with Crippen LogP contribution in [0.3, 0.4) is 0 Å². The van der Waals surface area contributed by atoms with Crippen LogP contribution < -0.4 is 0 Å². The molecule has 1 saturated heterocycles. The molecule has 1 aliphatic heterocycles. The van der Waals surface area contributed by atoms with Crippen LogP contribution in [0, 0.1) is 0 Å². The molecule has 0 N–H and O–H groups in total. The molecular weight excluding hydrogens is 430 g/mol. The highest BCUT2D eigenvalue weighted by Gasteiger charge is 2.50. The lowest BCUT2D eigenvalue weighted by Crippen LogP contribution is -2.61. The Kier molecular flexibility index (Phi) is 12.1. The molecular formula is C19H29N3O10. The minimum atomic E-state index is -1.23. The van der Waals surface area contributed by atoms with Gasteiger partial charge in [0.05, 0.1) is 7.11 Å². The Morgan fingerprint density at radius 3 is 2.19 bits per heavy atom. The second-order valence-corrected chi connectivity index (χ2v) is 6.95. The van der Waals surface area contributed by atoms with Crippen molar-refractivity contribution in [3.63, 3.8) is 0 Å². The summed E-state index contributed by atoms with van der Waals surface area (Å²) >= 11 is 0. The van der Waals surface area contributed by atoms with E-state index in [-0.39, 0.29) is 25.6 Å². The molecule has 13 heteroatoms. The van der Waals surface area contributed by atoms with Gasteiger partial charge in [-0.15, -0.1) is 0 Å². The van der Waals surface area contributed by atoms with Crippen molar-refractivity contribution >= 4 is 23.9 Å². The third kappa shape index (κ3) is 9.50. The first-order valence-electron chi connectivity index (χ1n) is 10.1. The molecule has 0 unspecified atom stereocenters. The number of unbranched alkanes of at least 4 members (excludes halogenated alkanes) is 2. The third-order valence-corrected chi connectivity index (χ3v) is 4.39. The van der Waals surface area contributed by atoms with Gasteiger partial charge in [0.2, 0.25) is 0 Å². The van der Waals surface area contributed by atoms with Crippen LogP contribution in [-0.4, -0.2) is 74.8 Å². The molecule has 0 amide bonds. The topological polar surface area (TPSA) is 172 Å². The molecule has 180 valence electrons. The van der Waals surface area contributed by atoms with Gasteiger partial charge in [-0.3, -0.25) is 19.2 Å². The van der Waals surface area contributed by atoms with Crippen LogP contribution in [0.4, 0.5) is 0 Å². The van der Waals surface area contributed by atoms with Crippen LogP contribution in [0.25, 0.3) is 10.4 Å². The summed E-state index contributed by atoms with van der Waals surface area (Å²) in [7, 11) is 1.32. The number of carbonyl (C=O) groups is 4. The summed E-state index contributed by atoms with van der Waals surface area (Å²) < 4.78 is 31.6. The van der Waals surface area contributed by atoms with Gasteiger partial charge in [0, 0.05) is 38.7 Å². The first kappa shape index (κ1) is 27.1. The summed E-state index contributed by atoms with van der Waals surface area (Å²) in [5.41, 5.74) is 9.00. The second kappa shape index (κ2) is 14.2. The lowest BCUT2D eigenvalue weighted by atomic mass is 9.97. The summed E-state index contributed by atoms with van der Waals surface area (Å²) in [6.45, 7) is 3.35. The molecule has 1 heterocycles. The quantitative estimate of drug-likeness (QED) is 0.104. The predicted octanol–water partition coefficient (Wildman–Crippen LogP) is 1.57. The van der Waals surface area contributed by atoms with E-state index in [0.717, 1.165) is 13.8 Å². The summed E-state index contributed by atoms with van der Waals surface area (Å²) in [6.07, 6.45) is -2.54. The van der Waals surface area contributed by atoms with E-state index in [0.29, 0.717) is 19.3 Å². The SMILES string of the molecule is COC(=O)CCCCCO[C@H]1O[C@H](COC(C)=O)[C@H](OC(C)=O)[C@H](OC(C)=O)[C@H]1N=[N+]=[N-]. The molecule has 1 fully saturated rings. The molecule has 0 spiro atoms. The van der Waals surface area contributed by atoms with Crippen LogP contribution in [0.15, 0.2) is 5.11 Å². The number of ether oxygens (including phenoxy) is 6. The highest BCUT2D eigenvalue weighted by atomic mass is 16.7. The minimum absolute atomic E-state index is 0.175. The van der Waals surface area contributed by atoms with E-state index in [2.05, 4.69) is 14.8 Å². The average molecular weight is 459 g/mol. The molecule has 0 bridgehead atoms. The standard InChI is InChI=1S/C19H29N3O10/c1-11(23)29-10-14-17(30-12(2)24)18(31-13(3)25)16(21-22-20)19(32-14)28-9-7-5-6-8-15(26)27-4/h14,16-19H,5-10H2,1-4H3/t14-,16-,17+,18-,19+/m1/s1. The van der Waals surface area contributed by atoms with E-state index in [1.54, 1.807) is 0 Å². The van der Waals surface area contributed by atoms with Crippen molar-refractivity contribution in [2.45, 2.75) is 77.1 Å². The van der Waals surface area contributed by atoms with Crippen molar-refractivity contribution in [2.24, 2.45) is 5.11 Å². The van der Waals surface area contributed by atoms with Gasteiger partial charge < -0.3 is 28.4 Å². The normalized spacial score (nSPS) is 24.6. The molecule has 0 radical (unpaired) electrons. The van der Waals surface area contributed by atoms with Gasteiger partial charge >= 0.3 is 23.9 Å². The Hall–Kier alpha value is -2.89. The van der Waals surface area contributed by atoms with Gasteiger partial charge in [-0.05, 0) is 18.4 Å². The monoisotopic (exact) mass is 459 g/mol. The van der Waals surface area contributed by atoms with E-state index in [4.69, 9.17) is 29.2 Å².